The van der Waals surface area contributed by atoms with Crippen molar-refractivity contribution in [3.63, 3.8) is 0 Å². The fraction of sp³-hybridized carbons (Fsp3) is 0.421. The number of carbonyl (C=O) groups excluding carboxylic acids is 1. The molecule has 23 heavy (non-hydrogen) atoms. The number of nitrogens with one attached hydrogen (secondary N) is 1. The summed E-state index contributed by atoms with van der Waals surface area (Å²) in [5.41, 5.74) is 3.95. The fourth-order valence-corrected chi connectivity index (χ4v) is 3.05. The van der Waals surface area contributed by atoms with Crippen molar-refractivity contribution in [2.75, 3.05) is 6.61 Å². The third kappa shape index (κ3) is 3.82. The molecule has 0 saturated heterocycles. The van der Waals surface area contributed by atoms with Gasteiger partial charge in [-0.25, -0.2) is 0 Å². The molecule has 2 aromatic rings. The van der Waals surface area contributed by atoms with Gasteiger partial charge in [-0.3, -0.25) is 4.79 Å². The molecule has 2 atom stereocenters. The van der Waals surface area contributed by atoms with Crippen LogP contribution in [0.4, 0.5) is 0 Å². The van der Waals surface area contributed by atoms with Crippen LogP contribution in [0.5, 0.6) is 0 Å². The van der Waals surface area contributed by atoms with E-state index in [1.165, 1.54) is 5.56 Å². The van der Waals surface area contributed by atoms with Crippen molar-refractivity contribution in [2.45, 2.75) is 46.2 Å². The van der Waals surface area contributed by atoms with Crippen LogP contribution in [0.25, 0.3) is 0 Å². The average Bonchev–Trinajstić information content (AvgIpc) is 2.82. The summed E-state index contributed by atoms with van der Waals surface area (Å²) in [6, 6.07) is 12.4. The summed E-state index contributed by atoms with van der Waals surface area (Å²) < 4.78 is 2.20. The van der Waals surface area contributed by atoms with E-state index in [2.05, 4.69) is 28.9 Å². The van der Waals surface area contributed by atoms with E-state index in [0.29, 0.717) is 12.0 Å². The lowest BCUT2D eigenvalue weighted by atomic mass is 10.1. The van der Waals surface area contributed by atoms with Crippen molar-refractivity contribution < 1.29 is 9.90 Å². The molecule has 0 aliphatic heterocycles. The molecule has 0 radical (unpaired) electrons. The molecule has 124 valence electrons. The number of rotatable bonds is 6. The number of aliphatic hydroxyl groups is 1. The number of amides is 1. The Hall–Kier alpha value is -2.07. The molecule has 2 rings (SSSR count). The van der Waals surface area contributed by atoms with E-state index < -0.39 is 0 Å². The van der Waals surface area contributed by atoms with Crippen LogP contribution in [0.1, 0.15) is 53.6 Å². The topological polar surface area (TPSA) is 54.3 Å². The molecule has 2 unspecified atom stereocenters. The molecule has 1 aromatic heterocycles. The average molecular weight is 314 g/mol. The monoisotopic (exact) mass is 314 g/mol. The van der Waals surface area contributed by atoms with Gasteiger partial charge in [0.25, 0.3) is 5.91 Å². The maximum atomic E-state index is 12.5. The van der Waals surface area contributed by atoms with Gasteiger partial charge in [0.15, 0.2) is 0 Å². The zero-order chi connectivity index (χ0) is 17.0. The second-order valence-electron chi connectivity index (χ2n) is 6.13. The minimum atomic E-state index is -0.0782. The number of carbonyl (C=O) groups is 1. The zero-order valence-electron chi connectivity index (χ0n) is 14.3. The summed E-state index contributed by atoms with van der Waals surface area (Å²) in [4.78, 5) is 12.5. The van der Waals surface area contributed by atoms with Crippen molar-refractivity contribution in [1.82, 2.24) is 9.88 Å². The summed E-state index contributed by atoms with van der Waals surface area (Å²) >= 11 is 0. The van der Waals surface area contributed by atoms with Gasteiger partial charge in [0.2, 0.25) is 0 Å². The molecule has 2 N–H and O–H groups in total. The Morgan fingerprint density at radius 1 is 1.22 bits per heavy atom. The van der Waals surface area contributed by atoms with E-state index in [0.717, 1.165) is 11.4 Å². The predicted octanol–water partition coefficient (Wildman–Crippen LogP) is 3.21. The lowest BCUT2D eigenvalue weighted by molar-refractivity contribution is 0.0933. The quantitative estimate of drug-likeness (QED) is 0.860. The van der Waals surface area contributed by atoms with Crippen LogP contribution in [0, 0.1) is 13.8 Å². The molecule has 0 aliphatic rings. The van der Waals surface area contributed by atoms with Crippen molar-refractivity contribution >= 4 is 5.91 Å². The van der Waals surface area contributed by atoms with Crippen LogP contribution < -0.4 is 5.32 Å². The molecule has 0 saturated carbocycles. The van der Waals surface area contributed by atoms with Crippen LogP contribution in [-0.2, 0) is 0 Å². The Bertz CT molecular complexity index is 662. The number of nitrogens with zero attached hydrogens (tertiary/aromatic N) is 1. The van der Waals surface area contributed by atoms with Crippen LogP contribution in [0.2, 0.25) is 0 Å². The number of hydrogen-bond acceptors (Lipinski definition) is 2. The minimum Gasteiger partial charge on any atom is -0.396 e. The number of benzene rings is 1. The zero-order valence-corrected chi connectivity index (χ0v) is 14.3. The van der Waals surface area contributed by atoms with Gasteiger partial charge in [-0.15, -0.1) is 0 Å². The summed E-state index contributed by atoms with van der Waals surface area (Å²) in [5, 5.41) is 11.9. The Morgan fingerprint density at radius 3 is 2.48 bits per heavy atom. The highest BCUT2D eigenvalue weighted by Crippen LogP contribution is 2.25. The summed E-state index contributed by atoms with van der Waals surface area (Å²) in [5.74, 6) is -0.0782. The van der Waals surface area contributed by atoms with Gasteiger partial charge in [0.05, 0.1) is 11.6 Å². The van der Waals surface area contributed by atoms with Crippen molar-refractivity contribution in [2.24, 2.45) is 0 Å². The van der Waals surface area contributed by atoms with E-state index in [4.69, 9.17) is 5.11 Å². The van der Waals surface area contributed by atoms with Crippen LogP contribution in [0.15, 0.2) is 36.4 Å². The van der Waals surface area contributed by atoms with Gasteiger partial charge in [-0.1, -0.05) is 30.3 Å². The van der Waals surface area contributed by atoms with E-state index in [-0.39, 0.29) is 24.6 Å². The van der Waals surface area contributed by atoms with Crippen molar-refractivity contribution in [3.8, 4) is 0 Å². The van der Waals surface area contributed by atoms with Gasteiger partial charge in [-0.05, 0) is 45.7 Å². The Morgan fingerprint density at radius 2 is 1.87 bits per heavy atom. The Kier molecular flexibility index (Phi) is 5.61. The minimum absolute atomic E-state index is 0.0397. The lowest BCUT2D eigenvalue weighted by Gasteiger charge is -2.19. The third-order valence-corrected chi connectivity index (χ3v) is 4.34. The first kappa shape index (κ1) is 17.3. The predicted molar refractivity (Wildman–Crippen MR) is 92.8 cm³/mol. The fourth-order valence-electron chi connectivity index (χ4n) is 3.05. The molecular formula is C19H26N2O2. The van der Waals surface area contributed by atoms with Gasteiger partial charge in [-0.2, -0.15) is 0 Å². The molecule has 1 aromatic carbocycles. The van der Waals surface area contributed by atoms with Crippen LogP contribution in [0.3, 0.4) is 0 Å². The standard InChI is InChI=1S/C19H26N2O2/c1-13(10-11-22)20-19(23)18-12-14(2)21(16(18)4)15(3)17-8-6-5-7-9-17/h5-9,12-13,15,22H,10-11H2,1-4H3,(H,20,23). The van der Waals surface area contributed by atoms with E-state index >= 15 is 0 Å². The molecule has 4 heteroatoms. The SMILES string of the molecule is Cc1cc(C(=O)NC(C)CCO)c(C)n1C(C)c1ccccc1. The second kappa shape index (κ2) is 7.47. The highest BCUT2D eigenvalue weighted by atomic mass is 16.3. The maximum absolute atomic E-state index is 12.5. The van der Waals surface area contributed by atoms with E-state index in [1.807, 2.05) is 45.0 Å². The largest absolute Gasteiger partial charge is 0.396 e. The molecule has 1 heterocycles. The summed E-state index contributed by atoms with van der Waals surface area (Å²) in [7, 11) is 0. The van der Waals surface area contributed by atoms with Gasteiger partial charge in [0, 0.05) is 24.0 Å². The smallest absolute Gasteiger partial charge is 0.253 e. The van der Waals surface area contributed by atoms with Gasteiger partial charge < -0.3 is 15.0 Å². The lowest BCUT2D eigenvalue weighted by Crippen LogP contribution is -2.33. The first-order chi connectivity index (χ1) is 11.0. The molecule has 0 bridgehead atoms. The van der Waals surface area contributed by atoms with Gasteiger partial charge in [0.1, 0.15) is 0 Å². The number of aryl methyl sites for hydroxylation is 1. The molecule has 0 spiro atoms. The number of aliphatic hydroxyl groups excluding tert-OH is 1. The number of aromatic nitrogens is 1. The van der Waals surface area contributed by atoms with E-state index in [9.17, 15) is 4.79 Å². The van der Waals surface area contributed by atoms with Gasteiger partial charge >= 0.3 is 0 Å². The second-order valence-corrected chi connectivity index (χ2v) is 6.13. The van der Waals surface area contributed by atoms with Crippen molar-refractivity contribution in [1.29, 1.82) is 0 Å². The van der Waals surface area contributed by atoms with Crippen LogP contribution >= 0.6 is 0 Å². The van der Waals surface area contributed by atoms with E-state index in [1.54, 1.807) is 0 Å². The van der Waals surface area contributed by atoms with Crippen molar-refractivity contribution in [3.05, 3.63) is 58.9 Å². The molecule has 0 fully saturated rings. The first-order valence-corrected chi connectivity index (χ1v) is 8.10. The summed E-state index contributed by atoms with van der Waals surface area (Å²) in [6.45, 7) is 8.13. The molecule has 0 aliphatic carbocycles. The van der Waals surface area contributed by atoms with Crippen LogP contribution in [-0.4, -0.2) is 28.2 Å². The maximum Gasteiger partial charge on any atom is 0.253 e. The highest BCUT2D eigenvalue weighted by Gasteiger charge is 2.20. The third-order valence-electron chi connectivity index (χ3n) is 4.34. The first-order valence-electron chi connectivity index (χ1n) is 8.10. The Balaban J connectivity index is 2.27. The normalized spacial score (nSPS) is 13.6. The molecule has 1 amide bonds. The number of hydrogen-bond donors (Lipinski definition) is 2. The Labute approximate surface area is 138 Å². The molecular weight excluding hydrogens is 288 g/mol. The molecule has 4 nitrogen and oxygen atoms in total. The highest BCUT2D eigenvalue weighted by molar-refractivity contribution is 5.95. The summed E-state index contributed by atoms with van der Waals surface area (Å²) in [6.07, 6.45) is 0.560.